The number of carbonyl (C=O) groups is 1. The molecule has 1 aromatic rings. The van der Waals surface area contributed by atoms with Crippen molar-refractivity contribution < 1.29 is 23.0 Å². The predicted octanol–water partition coefficient (Wildman–Crippen LogP) is 3.73. The van der Waals surface area contributed by atoms with Crippen LogP contribution >= 0.6 is 0 Å². The Balaban J connectivity index is 2.81. The number of Topliss-reactive ketones (excluding diaryl/α,β-unsaturated/α-hetero) is 1. The standard InChI is InChI=1S/C14H18F2O3/c1-3-9-18-13(12(17)4-2)10-5-7-11(8-6-10)19-14(15)16/h5-8,13-14H,3-4,9H2,1-2H3. The molecule has 5 heteroatoms. The normalized spacial score (nSPS) is 12.5. The minimum absolute atomic E-state index is 0.0315. The minimum Gasteiger partial charge on any atom is -0.435 e. The van der Waals surface area contributed by atoms with Crippen LogP contribution in [0.1, 0.15) is 38.4 Å². The molecule has 0 N–H and O–H groups in total. The number of hydrogen-bond acceptors (Lipinski definition) is 3. The zero-order chi connectivity index (χ0) is 14.3. The number of ether oxygens (including phenoxy) is 2. The quantitative estimate of drug-likeness (QED) is 0.723. The van der Waals surface area contributed by atoms with Gasteiger partial charge in [0, 0.05) is 13.0 Å². The Hall–Kier alpha value is -1.49. The molecule has 0 saturated carbocycles. The highest BCUT2D eigenvalue weighted by atomic mass is 19.3. The van der Waals surface area contributed by atoms with Crippen molar-refractivity contribution in [2.75, 3.05) is 6.61 Å². The second-order valence-electron chi connectivity index (χ2n) is 4.02. The lowest BCUT2D eigenvalue weighted by atomic mass is 10.0. The number of alkyl halides is 2. The minimum atomic E-state index is -2.85. The van der Waals surface area contributed by atoms with E-state index in [1.165, 1.54) is 12.1 Å². The number of rotatable bonds is 8. The molecule has 3 nitrogen and oxygen atoms in total. The Morgan fingerprint density at radius 2 is 1.84 bits per heavy atom. The summed E-state index contributed by atoms with van der Waals surface area (Å²) < 4.78 is 33.8. The van der Waals surface area contributed by atoms with Gasteiger partial charge in [0.25, 0.3) is 0 Å². The van der Waals surface area contributed by atoms with Crippen molar-refractivity contribution in [1.29, 1.82) is 0 Å². The fourth-order valence-corrected chi connectivity index (χ4v) is 1.62. The second-order valence-corrected chi connectivity index (χ2v) is 4.02. The Morgan fingerprint density at radius 3 is 2.32 bits per heavy atom. The van der Waals surface area contributed by atoms with Gasteiger partial charge in [-0.25, -0.2) is 0 Å². The van der Waals surface area contributed by atoms with Gasteiger partial charge in [-0.3, -0.25) is 4.79 Å². The first-order valence-corrected chi connectivity index (χ1v) is 6.27. The summed E-state index contributed by atoms with van der Waals surface area (Å²) >= 11 is 0. The highest BCUT2D eigenvalue weighted by molar-refractivity contribution is 5.84. The van der Waals surface area contributed by atoms with Gasteiger partial charge < -0.3 is 9.47 Å². The van der Waals surface area contributed by atoms with E-state index < -0.39 is 12.7 Å². The van der Waals surface area contributed by atoms with Crippen LogP contribution in [0.4, 0.5) is 8.78 Å². The van der Waals surface area contributed by atoms with Crippen LogP contribution in [0.3, 0.4) is 0 Å². The van der Waals surface area contributed by atoms with Crippen LogP contribution < -0.4 is 4.74 Å². The molecule has 0 aliphatic heterocycles. The highest BCUT2D eigenvalue weighted by Crippen LogP contribution is 2.23. The van der Waals surface area contributed by atoms with E-state index in [-0.39, 0.29) is 11.5 Å². The molecule has 0 amide bonds. The lowest BCUT2D eigenvalue weighted by molar-refractivity contribution is -0.130. The molecule has 1 unspecified atom stereocenters. The van der Waals surface area contributed by atoms with E-state index >= 15 is 0 Å². The molecule has 0 fully saturated rings. The molecular formula is C14H18F2O3. The summed E-state index contributed by atoms with van der Waals surface area (Å²) in [4.78, 5) is 11.8. The van der Waals surface area contributed by atoms with Gasteiger partial charge in [0.15, 0.2) is 5.78 Å². The van der Waals surface area contributed by atoms with E-state index in [1.807, 2.05) is 6.92 Å². The van der Waals surface area contributed by atoms with Crippen LogP contribution in [0.15, 0.2) is 24.3 Å². The fraction of sp³-hybridized carbons (Fsp3) is 0.500. The van der Waals surface area contributed by atoms with Gasteiger partial charge in [0.05, 0.1) is 0 Å². The lowest BCUT2D eigenvalue weighted by Gasteiger charge is -2.16. The Morgan fingerprint density at radius 1 is 1.21 bits per heavy atom. The Kier molecular flexibility index (Phi) is 6.42. The van der Waals surface area contributed by atoms with Crippen molar-refractivity contribution in [2.45, 2.75) is 39.4 Å². The maximum atomic E-state index is 12.0. The van der Waals surface area contributed by atoms with Crippen LogP contribution in [0.2, 0.25) is 0 Å². The third-order valence-corrected chi connectivity index (χ3v) is 2.54. The maximum absolute atomic E-state index is 12.0. The molecule has 0 aliphatic rings. The first-order chi connectivity index (χ1) is 9.08. The van der Waals surface area contributed by atoms with E-state index in [2.05, 4.69) is 4.74 Å². The average molecular weight is 272 g/mol. The zero-order valence-corrected chi connectivity index (χ0v) is 11.1. The summed E-state index contributed by atoms with van der Waals surface area (Å²) in [5.41, 5.74) is 0.655. The van der Waals surface area contributed by atoms with Crippen molar-refractivity contribution in [3.63, 3.8) is 0 Å². The first kappa shape index (κ1) is 15.6. The fourth-order valence-electron chi connectivity index (χ4n) is 1.62. The number of halogens is 2. The van der Waals surface area contributed by atoms with E-state index in [9.17, 15) is 13.6 Å². The molecule has 1 rings (SSSR count). The second kappa shape index (κ2) is 7.84. The molecule has 0 aromatic heterocycles. The first-order valence-electron chi connectivity index (χ1n) is 6.27. The van der Waals surface area contributed by atoms with E-state index in [1.54, 1.807) is 19.1 Å². The summed E-state index contributed by atoms with van der Waals surface area (Å²) in [6, 6.07) is 5.97. The third kappa shape index (κ3) is 4.95. The van der Waals surface area contributed by atoms with Crippen molar-refractivity contribution in [1.82, 2.24) is 0 Å². The molecule has 1 atom stereocenters. The van der Waals surface area contributed by atoms with Crippen LogP contribution in [-0.4, -0.2) is 19.0 Å². The average Bonchev–Trinajstić information content (AvgIpc) is 2.40. The largest absolute Gasteiger partial charge is 0.435 e. The van der Waals surface area contributed by atoms with Crippen molar-refractivity contribution >= 4 is 5.78 Å². The monoisotopic (exact) mass is 272 g/mol. The van der Waals surface area contributed by atoms with Gasteiger partial charge in [-0.1, -0.05) is 26.0 Å². The summed E-state index contributed by atoms with van der Waals surface area (Å²) in [5, 5.41) is 0. The number of hydrogen-bond donors (Lipinski definition) is 0. The molecule has 19 heavy (non-hydrogen) atoms. The SMILES string of the molecule is CCCOC(C(=O)CC)c1ccc(OC(F)F)cc1. The maximum Gasteiger partial charge on any atom is 0.387 e. The smallest absolute Gasteiger partial charge is 0.387 e. The molecule has 106 valence electrons. The van der Waals surface area contributed by atoms with Crippen LogP contribution in [0, 0.1) is 0 Å². The van der Waals surface area contributed by atoms with Gasteiger partial charge in [0.2, 0.25) is 0 Å². The number of benzene rings is 1. The topological polar surface area (TPSA) is 35.5 Å². The van der Waals surface area contributed by atoms with Gasteiger partial charge in [-0.2, -0.15) is 8.78 Å². The van der Waals surface area contributed by atoms with E-state index in [4.69, 9.17) is 4.74 Å². The zero-order valence-electron chi connectivity index (χ0n) is 11.1. The summed E-state index contributed by atoms with van der Waals surface area (Å²) in [6.07, 6.45) is 0.537. The summed E-state index contributed by atoms with van der Waals surface area (Å²) in [5.74, 6) is 0.0351. The lowest BCUT2D eigenvalue weighted by Crippen LogP contribution is -2.15. The van der Waals surface area contributed by atoms with E-state index in [0.717, 1.165) is 6.42 Å². The molecule has 1 aromatic carbocycles. The Bertz CT molecular complexity index is 390. The van der Waals surface area contributed by atoms with Crippen LogP contribution in [-0.2, 0) is 9.53 Å². The molecule has 0 bridgehead atoms. The number of ketones is 1. The van der Waals surface area contributed by atoms with Gasteiger partial charge >= 0.3 is 6.61 Å². The van der Waals surface area contributed by atoms with Crippen molar-refractivity contribution in [2.24, 2.45) is 0 Å². The van der Waals surface area contributed by atoms with Crippen LogP contribution in [0.25, 0.3) is 0 Å². The van der Waals surface area contributed by atoms with Gasteiger partial charge in [-0.05, 0) is 24.1 Å². The number of carbonyl (C=O) groups excluding carboxylic acids is 1. The van der Waals surface area contributed by atoms with Crippen molar-refractivity contribution in [3.05, 3.63) is 29.8 Å². The summed E-state index contributed by atoms with van der Waals surface area (Å²) in [6.45, 7) is 1.34. The molecule has 0 spiro atoms. The molecule has 0 radical (unpaired) electrons. The molecule has 0 aliphatic carbocycles. The molecule has 0 saturated heterocycles. The Labute approximate surface area is 111 Å². The van der Waals surface area contributed by atoms with Gasteiger partial charge in [-0.15, -0.1) is 0 Å². The highest BCUT2D eigenvalue weighted by Gasteiger charge is 2.19. The van der Waals surface area contributed by atoms with Gasteiger partial charge in [0.1, 0.15) is 11.9 Å². The molecule has 0 heterocycles. The summed E-state index contributed by atoms with van der Waals surface area (Å²) in [7, 11) is 0. The third-order valence-electron chi connectivity index (χ3n) is 2.54. The molecular weight excluding hydrogens is 254 g/mol. The van der Waals surface area contributed by atoms with Crippen molar-refractivity contribution in [3.8, 4) is 5.75 Å². The van der Waals surface area contributed by atoms with E-state index in [0.29, 0.717) is 18.6 Å². The van der Waals surface area contributed by atoms with Crippen LogP contribution in [0.5, 0.6) is 5.75 Å². The predicted molar refractivity (Wildman–Crippen MR) is 67.4 cm³/mol.